The minimum Gasteiger partial charge on any atom is -0.508 e. The maximum absolute atomic E-state index is 9.47. The third kappa shape index (κ3) is 1.43. The van der Waals surface area contributed by atoms with E-state index in [1.807, 2.05) is 18.2 Å². The van der Waals surface area contributed by atoms with Crippen LogP contribution in [0.15, 0.2) is 24.3 Å². The molecule has 0 bridgehead atoms. The van der Waals surface area contributed by atoms with Gasteiger partial charge in [-0.2, -0.15) is 0 Å². The average molecular weight is 205 g/mol. The van der Waals surface area contributed by atoms with Gasteiger partial charge in [0.15, 0.2) is 5.72 Å². The summed E-state index contributed by atoms with van der Waals surface area (Å²) in [6.45, 7) is 2.97. The Hall–Kier alpha value is -1.06. The maximum atomic E-state index is 9.47. The van der Waals surface area contributed by atoms with Gasteiger partial charge < -0.3 is 9.84 Å². The van der Waals surface area contributed by atoms with Crippen molar-refractivity contribution in [3.63, 3.8) is 0 Å². The standard InChI is InChI=1S/C12H15NO2/c14-11-5-3-4-10(8-11)12(9-15-12)13-6-1-2-7-13/h3-5,8,14H,1-2,6-7,9H2. The second-order valence-electron chi connectivity index (χ2n) is 4.32. The highest BCUT2D eigenvalue weighted by Gasteiger charge is 2.52. The van der Waals surface area contributed by atoms with E-state index < -0.39 is 0 Å². The van der Waals surface area contributed by atoms with Crippen molar-refractivity contribution in [2.45, 2.75) is 18.6 Å². The molecule has 1 atom stereocenters. The Kier molecular flexibility index (Phi) is 1.97. The fourth-order valence-corrected chi connectivity index (χ4v) is 2.43. The van der Waals surface area contributed by atoms with E-state index in [1.54, 1.807) is 6.07 Å². The van der Waals surface area contributed by atoms with Crippen molar-refractivity contribution in [3.8, 4) is 5.75 Å². The molecule has 2 fully saturated rings. The Balaban J connectivity index is 1.92. The van der Waals surface area contributed by atoms with Gasteiger partial charge in [-0.1, -0.05) is 12.1 Å². The van der Waals surface area contributed by atoms with Gasteiger partial charge in [0.2, 0.25) is 0 Å². The van der Waals surface area contributed by atoms with Crippen molar-refractivity contribution in [3.05, 3.63) is 29.8 Å². The molecule has 1 N–H and O–H groups in total. The first-order valence-corrected chi connectivity index (χ1v) is 5.50. The van der Waals surface area contributed by atoms with Gasteiger partial charge in [-0.3, -0.25) is 4.90 Å². The summed E-state index contributed by atoms with van der Waals surface area (Å²) in [5.41, 5.74) is 0.874. The number of nitrogens with zero attached hydrogens (tertiary/aromatic N) is 1. The number of phenols is 1. The molecule has 0 spiro atoms. The molecule has 2 saturated heterocycles. The van der Waals surface area contributed by atoms with Crippen molar-refractivity contribution in [1.82, 2.24) is 4.90 Å². The number of benzene rings is 1. The summed E-state index contributed by atoms with van der Waals surface area (Å²) in [6.07, 6.45) is 2.51. The van der Waals surface area contributed by atoms with Gasteiger partial charge in [-0.15, -0.1) is 0 Å². The quantitative estimate of drug-likeness (QED) is 0.746. The van der Waals surface area contributed by atoms with Gasteiger partial charge in [0, 0.05) is 18.7 Å². The van der Waals surface area contributed by atoms with Crippen LogP contribution in [0.4, 0.5) is 0 Å². The summed E-state index contributed by atoms with van der Waals surface area (Å²) >= 11 is 0. The molecular formula is C12H15NO2. The zero-order chi connectivity index (χ0) is 10.3. The minimum absolute atomic E-state index is 0.213. The van der Waals surface area contributed by atoms with Crippen LogP contribution >= 0.6 is 0 Å². The van der Waals surface area contributed by atoms with E-state index in [0.717, 1.165) is 25.3 Å². The number of aromatic hydroxyl groups is 1. The smallest absolute Gasteiger partial charge is 0.171 e. The van der Waals surface area contributed by atoms with Crippen LogP contribution in [0.25, 0.3) is 0 Å². The molecule has 0 aliphatic carbocycles. The van der Waals surface area contributed by atoms with E-state index in [-0.39, 0.29) is 5.72 Å². The molecule has 2 heterocycles. The number of hydrogen-bond donors (Lipinski definition) is 1. The van der Waals surface area contributed by atoms with Crippen molar-refractivity contribution in [2.24, 2.45) is 0 Å². The van der Waals surface area contributed by atoms with Crippen LogP contribution in [0.1, 0.15) is 18.4 Å². The molecule has 0 amide bonds. The van der Waals surface area contributed by atoms with Crippen LogP contribution in [-0.4, -0.2) is 29.7 Å². The van der Waals surface area contributed by atoms with Gasteiger partial charge in [-0.25, -0.2) is 0 Å². The molecular weight excluding hydrogens is 190 g/mol. The van der Waals surface area contributed by atoms with E-state index in [9.17, 15) is 5.11 Å². The summed E-state index contributed by atoms with van der Waals surface area (Å²) in [7, 11) is 0. The minimum atomic E-state index is -0.213. The summed E-state index contributed by atoms with van der Waals surface area (Å²) in [6, 6.07) is 7.42. The fraction of sp³-hybridized carbons (Fsp3) is 0.500. The lowest BCUT2D eigenvalue weighted by atomic mass is 10.1. The first-order valence-electron chi connectivity index (χ1n) is 5.50. The summed E-state index contributed by atoms with van der Waals surface area (Å²) < 4.78 is 5.64. The van der Waals surface area contributed by atoms with Crippen LogP contribution in [0, 0.1) is 0 Å². The lowest BCUT2D eigenvalue weighted by Crippen LogP contribution is -2.33. The first-order chi connectivity index (χ1) is 7.31. The molecule has 0 radical (unpaired) electrons. The molecule has 1 aromatic rings. The molecule has 80 valence electrons. The molecule has 1 unspecified atom stereocenters. The highest BCUT2D eigenvalue weighted by atomic mass is 16.6. The van der Waals surface area contributed by atoms with Crippen LogP contribution in [0.5, 0.6) is 5.75 Å². The summed E-state index contributed by atoms with van der Waals surface area (Å²) in [5.74, 6) is 0.321. The van der Waals surface area contributed by atoms with Crippen LogP contribution < -0.4 is 0 Å². The Morgan fingerprint density at radius 1 is 1.27 bits per heavy atom. The van der Waals surface area contributed by atoms with Gasteiger partial charge in [0.25, 0.3) is 0 Å². The molecule has 1 aromatic carbocycles. The third-order valence-corrected chi connectivity index (χ3v) is 3.33. The SMILES string of the molecule is Oc1cccc(C2(N3CCCC3)CO2)c1. The van der Waals surface area contributed by atoms with Crippen molar-refractivity contribution in [1.29, 1.82) is 0 Å². The number of ether oxygens (including phenoxy) is 1. The first kappa shape index (κ1) is 9.19. The van der Waals surface area contributed by atoms with E-state index in [2.05, 4.69) is 4.90 Å². The third-order valence-electron chi connectivity index (χ3n) is 3.33. The summed E-state index contributed by atoms with van der Waals surface area (Å²) in [4.78, 5) is 2.38. The molecule has 3 heteroatoms. The monoisotopic (exact) mass is 205 g/mol. The van der Waals surface area contributed by atoms with Gasteiger partial charge in [-0.05, 0) is 25.0 Å². The average Bonchev–Trinajstić information content (AvgIpc) is 2.87. The number of likely N-dealkylation sites (tertiary alicyclic amines) is 1. The van der Waals surface area contributed by atoms with Crippen LogP contribution in [-0.2, 0) is 10.5 Å². The molecule has 0 aromatic heterocycles. The Bertz CT molecular complexity index is 368. The largest absolute Gasteiger partial charge is 0.508 e. The zero-order valence-electron chi connectivity index (χ0n) is 8.65. The van der Waals surface area contributed by atoms with E-state index in [4.69, 9.17) is 4.74 Å². The van der Waals surface area contributed by atoms with E-state index in [1.165, 1.54) is 12.8 Å². The maximum Gasteiger partial charge on any atom is 0.171 e. The molecule has 3 nitrogen and oxygen atoms in total. The second kappa shape index (κ2) is 3.22. The lowest BCUT2D eigenvalue weighted by molar-refractivity contribution is 0.101. The lowest BCUT2D eigenvalue weighted by Gasteiger charge is -2.24. The topological polar surface area (TPSA) is 36.0 Å². The molecule has 15 heavy (non-hydrogen) atoms. The van der Waals surface area contributed by atoms with E-state index >= 15 is 0 Å². The Labute approximate surface area is 89.3 Å². The number of phenolic OH excluding ortho intramolecular Hbond substituents is 1. The molecule has 3 rings (SSSR count). The van der Waals surface area contributed by atoms with Crippen LogP contribution in [0.3, 0.4) is 0 Å². The molecule has 2 aliphatic rings. The number of rotatable bonds is 2. The Morgan fingerprint density at radius 2 is 2.00 bits per heavy atom. The van der Waals surface area contributed by atoms with Gasteiger partial charge in [0.05, 0.1) is 6.61 Å². The fourth-order valence-electron chi connectivity index (χ4n) is 2.43. The highest BCUT2D eigenvalue weighted by Crippen LogP contribution is 2.44. The van der Waals surface area contributed by atoms with Gasteiger partial charge >= 0.3 is 0 Å². The molecule has 2 aliphatic heterocycles. The normalized spacial score (nSPS) is 30.7. The highest BCUT2D eigenvalue weighted by molar-refractivity contribution is 5.33. The van der Waals surface area contributed by atoms with Crippen molar-refractivity contribution < 1.29 is 9.84 Å². The summed E-state index contributed by atoms with van der Waals surface area (Å²) in [5, 5.41) is 9.47. The van der Waals surface area contributed by atoms with Gasteiger partial charge in [0.1, 0.15) is 5.75 Å². The second-order valence-corrected chi connectivity index (χ2v) is 4.32. The van der Waals surface area contributed by atoms with Crippen LogP contribution in [0.2, 0.25) is 0 Å². The van der Waals surface area contributed by atoms with Crippen molar-refractivity contribution >= 4 is 0 Å². The Morgan fingerprint density at radius 3 is 2.60 bits per heavy atom. The predicted octanol–water partition coefficient (Wildman–Crippen LogP) is 1.67. The number of hydrogen-bond acceptors (Lipinski definition) is 3. The van der Waals surface area contributed by atoms with Crippen molar-refractivity contribution in [2.75, 3.05) is 19.7 Å². The predicted molar refractivity (Wildman–Crippen MR) is 56.5 cm³/mol. The molecule has 0 saturated carbocycles. The van der Waals surface area contributed by atoms with E-state index in [0.29, 0.717) is 5.75 Å². The zero-order valence-corrected chi connectivity index (χ0v) is 8.65. The number of epoxide rings is 1.